The summed E-state index contributed by atoms with van der Waals surface area (Å²) in [4.78, 5) is 19.3. The molecule has 2 heterocycles. The van der Waals surface area contributed by atoms with Crippen LogP contribution in [-0.4, -0.2) is 61.5 Å². The zero-order chi connectivity index (χ0) is 16.2. The summed E-state index contributed by atoms with van der Waals surface area (Å²) in [5, 5.41) is 0. The summed E-state index contributed by atoms with van der Waals surface area (Å²) in [6.45, 7) is 10.7. The monoisotopic (exact) mass is 315 g/mol. The van der Waals surface area contributed by atoms with Crippen molar-refractivity contribution in [3.05, 3.63) is 29.3 Å². The van der Waals surface area contributed by atoms with Crippen molar-refractivity contribution in [2.75, 3.05) is 50.7 Å². The van der Waals surface area contributed by atoms with Crippen molar-refractivity contribution in [2.45, 2.75) is 33.1 Å². The second-order valence-electron chi connectivity index (χ2n) is 6.92. The van der Waals surface area contributed by atoms with Gasteiger partial charge in [-0.2, -0.15) is 0 Å². The van der Waals surface area contributed by atoms with Crippen molar-refractivity contribution in [2.24, 2.45) is 0 Å². The maximum Gasteiger partial charge on any atom is 0.236 e. The van der Waals surface area contributed by atoms with Crippen LogP contribution in [0.25, 0.3) is 0 Å². The van der Waals surface area contributed by atoms with Gasteiger partial charge >= 0.3 is 0 Å². The quantitative estimate of drug-likeness (QED) is 0.857. The van der Waals surface area contributed by atoms with E-state index in [1.54, 1.807) is 0 Å². The molecule has 2 aliphatic heterocycles. The summed E-state index contributed by atoms with van der Waals surface area (Å²) >= 11 is 0. The van der Waals surface area contributed by atoms with Crippen LogP contribution < -0.4 is 4.90 Å². The van der Waals surface area contributed by atoms with Crippen LogP contribution in [0.5, 0.6) is 0 Å². The predicted molar refractivity (Wildman–Crippen MR) is 95.0 cm³/mol. The number of carbonyl (C=O) groups excluding carboxylic acids is 1. The number of anilines is 1. The van der Waals surface area contributed by atoms with E-state index in [0.717, 1.165) is 39.3 Å². The SMILES string of the molecule is Cc1cccc(N2CCN(C(=O)CN3CCCCC3)CC2)c1C. The number of amides is 1. The molecule has 0 atom stereocenters. The zero-order valence-electron chi connectivity index (χ0n) is 14.6. The van der Waals surface area contributed by atoms with Gasteiger partial charge in [0.15, 0.2) is 0 Å². The molecule has 3 rings (SSSR count). The molecule has 2 saturated heterocycles. The maximum atomic E-state index is 12.5. The topological polar surface area (TPSA) is 26.8 Å². The second kappa shape index (κ2) is 7.35. The van der Waals surface area contributed by atoms with E-state index in [0.29, 0.717) is 12.5 Å². The van der Waals surface area contributed by atoms with Gasteiger partial charge in [-0.15, -0.1) is 0 Å². The molecular weight excluding hydrogens is 286 g/mol. The fourth-order valence-corrected chi connectivity index (χ4v) is 3.68. The number of likely N-dealkylation sites (tertiary alicyclic amines) is 1. The third kappa shape index (κ3) is 3.86. The molecule has 0 spiro atoms. The molecule has 1 aromatic carbocycles. The van der Waals surface area contributed by atoms with Crippen LogP contribution in [0.3, 0.4) is 0 Å². The molecule has 0 saturated carbocycles. The maximum absolute atomic E-state index is 12.5. The van der Waals surface area contributed by atoms with Gasteiger partial charge in [-0.05, 0) is 57.0 Å². The van der Waals surface area contributed by atoms with Crippen LogP contribution in [0.4, 0.5) is 5.69 Å². The number of nitrogens with zero attached hydrogens (tertiary/aromatic N) is 3. The molecule has 2 aliphatic rings. The number of aryl methyl sites for hydroxylation is 1. The van der Waals surface area contributed by atoms with E-state index in [2.05, 4.69) is 46.7 Å². The zero-order valence-corrected chi connectivity index (χ0v) is 14.6. The summed E-state index contributed by atoms with van der Waals surface area (Å²) in [5.41, 5.74) is 4.03. The van der Waals surface area contributed by atoms with E-state index in [9.17, 15) is 4.79 Å². The van der Waals surface area contributed by atoms with Gasteiger partial charge in [-0.25, -0.2) is 0 Å². The minimum absolute atomic E-state index is 0.313. The number of hydrogen-bond donors (Lipinski definition) is 0. The van der Waals surface area contributed by atoms with Gasteiger partial charge < -0.3 is 9.80 Å². The van der Waals surface area contributed by atoms with E-state index in [1.807, 2.05) is 0 Å². The van der Waals surface area contributed by atoms with Crippen molar-refractivity contribution in [1.29, 1.82) is 0 Å². The Labute approximate surface area is 140 Å². The van der Waals surface area contributed by atoms with E-state index < -0.39 is 0 Å². The van der Waals surface area contributed by atoms with E-state index in [-0.39, 0.29) is 0 Å². The van der Waals surface area contributed by atoms with Crippen molar-refractivity contribution in [1.82, 2.24) is 9.80 Å². The summed E-state index contributed by atoms with van der Waals surface area (Å²) in [7, 11) is 0. The Morgan fingerprint density at radius 1 is 0.957 bits per heavy atom. The molecule has 4 nitrogen and oxygen atoms in total. The summed E-state index contributed by atoms with van der Waals surface area (Å²) < 4.78 is 0. The number of benzene rings is 1. The lowest BCUT2D eigenvalue weighted by atomic mass is 10.1. The molecule has 0 bridgehead atoms. The van der Waals surface area contributed by atoms with Crippen molar-refractivity contribution >= 4 is 11.6 Å². The summed E-state index contributed by atoms with van der Waals surface area (Å²) in [6.07, 6.45) is 3.81. The van der Waals surface area contributed by atoms with Gasteiger partial charge in [0.2, 0.25) is 5.91 Å². The number of piperidine rings is 1. The first-order chi connectivity index (χ1) is 11.1. The highest BCUT2D eigenvalue weighted by Gasteiger charge is 2.24. The van der Waals surface area contributed by atoms with Crippen LogP contribution in [-0.2, 0) is 4.79 Å². The van der Waals surface area contributed by atoms with Gasteiger partial charge in [-0.3, -0.25) is 9.69 Å². The van der Waals surface area contributed by atoms with E-state index >= 15 is 0 Å². The number of rotatable bonds is 3. The van der Waals surface area contributed by atoms with Crippen LogP contribution in [0.15, 0.2) is 18.2 Å². The van der Waals surface area contributed by atoms with Gasteiger partial charge in [-0.1, -0.05) is 18.6 Å². The largest absolute Gasteiger partial charge is 0.368 e. The van der Waals surface area contributed by atoms with Gasteiger partial charge in [0.1, 0.15) is 0 Å². The third-order valence-electron chi connectivity index (χ3n) is 5.36. The van der Waals surface area contributed by atoms with Crippen LogP contribution >= 0.6 is 0 Å². The summed E-state index contributed by atoms with van der Waals surface area (Å²) in [6, 6.07) is 6.50. The molecular formula is C19H29N3O. The number of piperazine rings is 1. The van der Waals surface area contributed by atoms with Gasteiger partial charge in [0.25, 0.3) is 0 Å². The second-order valence-corrected chi connectivity index (χ2v) is 6.92. The fourth-order valence-electron chi connectivity index (χ4n) is 3.68. The highest BCUT2D eigenvalue weighted by atomic mass is 16.2. The lowest BCUT2D eigenvalue weighted by Gasteiger charge is -2.38. The molecule has 0 radical (unpaired) electrons. The Bertz CT molecular complexity index is 544. The highest BCUT2D eigenvalue weighted by Crippen LogP contribution is 2.24. The molecule has 4 heteroatoms. The van der Waals surface area contributed by atoms with Crippen LogP contribution in [0.1, 0.15) is 30.4 Å². The minimum Gasteiger partial charge on any atom is -0.368 e. The summed E-state index contributed by atoms with van der Waals surface area (Å²) in [5.74, 6) is 0.313. The fraction of sp³-hybridized carbons (Fsp3) is 0.632. The lowest BCUT2D eigenvalue weighted by molar-refractivity contribution is -0.132. The van der Waals surface area contributed by atoms with Crippen molar-refractivity contribution < 1.29 is 4.79 Å². The van der Waals surface area contributed by atoms with E-state index in [4.69, 9.17) is 0 Å². The smallest absolute Gasteiger partial charge is 0.236 e. The first-order valence-corrected chi connectivity index (χ1v) is 8.96. The predicted octanol–water partition coefficient (Wildman–Crippen LogP) is 2.44. The standard InChI is InChI=1S/C19H29N3O/c1-16-7-6-8-18(17(16)2)21-11-13-22(14-12-21)19(23)15-20-9-4-3-5-10-20/h6-8H,3-5,9-15H2,1-2H3. The molecule has 1 amide bonds. The van der Waals surface area contributed by atoms with Gasteiger partial charge in [0.05, 0.1) is 6.54 Å². The third-order valence-corrected chi connectivity index (χ3v) is 5.36. The molecule has 0 N–H and O–H groups in total. The Balaban J connectivity index is 1.53. The average molecular weight is 315 g/mol. The number of hydrogen-bond acceptors (Lipinski definition) is 3. The molecule has 126 valence electrons. The van der Waals surface area contributed by atoms with Crippen molar-refractivity contribution in [3.8, 4) is 0 Å². The molecule has 23 heavy (non-hydrogen) atoms. The first-order valence-electron chi connectivity index (χ1n) is 8.96. The first kappa shape index (κ1) is 16.3. The Morgan fingerprint density at radius 2 is 1.65 bits per heavy atom. The van der Waals surface area contributed by atoms with Crippen molar-refractivity contribution in [3.63, 3.8) is 0 Å². The van der Waals surface area contributed by atoms with E-state index in [1.165, 1.54) is 36.1 Å². The molecule has 0 unspecified atom stereocenters. The normalized spacial score (nSPS) is 19.9. The molecule has 0 aliphatic carbocycles. The average Bonchev–Trinajstić information content (AvgIpc) is 2.58. The van der Waals surface area contributed by atoms with Crippen LogP contribution in [0, 0.1) is 13.8 Å². The molecule has 2 fully saturated rings. The number of carbonyl (C=O) groups is 1. The highest BCUT2D eigenvalue weighted by molar-refractivity contribution is 5.78. The molecule has 1 aromatic rings. The Hall–Kier alpha value is -1.55. The Kier molecular flexibility index (Phi) is 5.21. The van der Waals surface area contributed by atoms with Gasteiger partial charge in [0, 0.05) is 31.9 Å². The molecule has 0 aromatic heterocycles. The lowest BCUT2D eigenvalue weighted by Crippen LogP contribution is -2.51. The van der Waals surface area contributed by atoms with Crippen LogP contribution in [0.2, 0.25) is 0 Å². The minimum atomic E-state index is 0.313. The Morgan fingerprint density at radius 3 is 2.35 bits per heavy atom.